The van der Waals surface area contributed by atoms with Crippen molar-refractivity contribution in [3.63, 3.8) is 0 Å². The van der Waals surface area contributed by atoms with Crippen LogP contribution >= 0.6 is 11.6 Å². The lowest BCUT2D eigenvalue weighted by Gasteiger charge is -2.26. The number of aryl methyl sites for hydroxylation is 1. The van der Waals surface area contributed by atoms with Crippen molar-refractivity contribution in [2.75, 3.05) is 12.4 Å². The quantitative estimate of drug-likeness (QED) is 0.715. The van der Waals surface area contributed by atoms with Crippen LogP contribution in [-0.4, -0.2) is 23.4 Å². The summed E-state index contributed by atoms with van der Waals surface area (Å²) in [6.07, 6.45) is 0. The van der Waals surface area contributed by atoms with Crippen LogP contribution in [0.1, 0.15) is 25.0 Å². The minimum Gasteiger partial charge on any atom is -0.295 e. The first-order valence-corrected chi connectivity index (χ1v) is 6.13. The highest BCUT2D eigenvalue weighted by Gasteiger charge is 2.10. The van der Waals surface area contributed by atoms with E-state index in [1.54, 1.807) is 6.07 Å². The standard InChI is InChI=1S/C13H19ClFN/c1-10(2)16(7-6-14)9-12-4-5-13(15)8-11(12)3/h4-5,8,10H,6-7,9H2,1-3H3. The van der Waals surface area contributed by atoms with Crippen molar-refractivity contribution < 1.29 is 4.39 Å². The summed E-state index contributed by atoms with van der Waals surface area (Å²) in [4.78, 5) is 2.28. The fourth-order valence-electron chi connectivity index (χ4n) is 1.68. The third-order valence-corrected chi connectivity index (χ3v) is 2.95. The molecule has 0 aromatic heterocycles. The van der Waals surface area contributed by atoms with Crippen molar-refractivity contribution in [3.8, 4) is 0 Å². The zero-order chi connectivity index (χ0) is 12.1. The first kappa shape index (κ1) is 13.5. The lowest BCUT2D eigenvalue weighted by Crippen LogP contribution is -2.32. The Hall–Kier alpha value is -0.600. The van der Waals surface area contributed by atoms with E-state index < -0.39 is 0 Å². The predicted molar refractivity (Wildman–Crippen MR) is 67.4 cm³/mol. The first-order chi connectivity index (χ1) is 7.54. The molecule has 1 aromatic rings. The minimum absolute atomic E-state index is 0.172. The average Bonchev–Trinajstić information content (AvgIpc) is 2.20. The predicted octanol–water partition coefficient (Wildman–Crippen LogP) is 3.58. The number of hydrogen-bond acceptors (Lipinski definition) is 1. The molecule has 0 radical (unpaired) electrons. The molecule has 0 aliphatic heterocycles. The summed E-state index contributed by atoms with van der Waals surface area (Å²) in [5.41, 5.74) is 2.17. The van der Waals surface area contributed by atoms with Gasteiger partial charge >= 0.3 is 0 Å². The molecular weight excluding hydrogens is 225 g/mol. The molecule has 0 unspecified atom stereocenters. The number of halogens is 2. The molecule has 0 saturated heterocycles. The molecule has 0 atom stereocenters. The smallest absolute Gasteiger partial charge is 0.123 e. The van der Waals surface area contributed by atoms with Gasteiger partial charge in [-0.15, -0.1) is 11.6 Å². The van der Waals surface area contributed by atoms with Crippen LogP contribution in [0, 0.1) is 12.7 Å². The number of nitrogens with zero attached hydrogens (tertiary/aromatic N) is 1. The van der Waals surface area contributed by atoms with E-state index >= 15 is 0 Å². The van der Waals surface area contributed by atoms with Crippen molar-refractivity contribution in [2.45, 2.75) is 33.4 Å². The van der Waals surface area contributed by atoms with Crippen molar-refractivity contribution in [2.24, 2.45) is 0 Å². The summed E-state index contributed by atoms with van der Waals surface area (Å²) in [6, 6.07) is 5.40. The Kier molecular flexibility index (Phi) is 5.23. The molecule has 0 N–H and O–H groups in total. The third-order valence-electron chi connectivity index (χ3n) is 2.78. The van der Waals surface area contributed by atoms with Gasteiger partial charge in [0.05, 0.1) is 0 Å². The summed E-state index contributed by atoms with van der Waals surface area (Å²) < 4.78 is 13.0. The van der Waals surface area contributed by atoms with Crippen LogP contribution in [0.5, 0.6) is 0 Å². The van der Waals surface area contributed by atoms with E-state index in [1.165, 1.54) is 11.6 Å². The molecule has 1 aromatic carbocycles. The number of benzene rings is 1. The molecule has 0 aliphatic carbocycles. The maximum Gasteiger partial charge on any atom is 0.123 e. The molecule has 0 amide bonds. The topological polar surface area (TPSA) is 3.24 Å². The summed E-state index contributed by atoms with van der Waals surface area (Å²) >= 11 is 5.77. The largest absolute Gasteiger partial charge is 0.295 e. The van der Waals surface area contributed by atoms with Crippen molar-refractivity contribution in [1.29, 1.82) is 0 Å². The second-order valence-corrected chi connectivity index (χ2v) is 4.70. The molecule has 1 nitrogen and oxygen atoms in total. The molecule has 1 rings (SSSR count). The summed E-state index contributed by atoms with van der Waals surface area (Å²) in [5, 5.41) is 0. The Balaban J connectivity index is 2.77. The van der Waals surface area contributed by atoms with E-state index in [2.05, 4.69) is 18.7 Å². The molecule has 90 valence electrons. The van der Waals surface area contributed by atoms with Gasteiger partial charge in [-0.25, -0.2) is 4.39 Å². The van der Waals surface area contributed by atoms with Crippen LogP contribution in [0.3, 0.4) is 0 Å². The SMILES string of the molecule is Cc1cc(F)ccc1CN(CCCl)C(C)C. The molecule has 0 fully saturated rings. The van der Waals surface area contributed by atoms with E-state index in [0.717, 1.165) is 18.7 Å². The van der Waals surface area contributed by atoms with E-state index in [0.29, 0.717) is 11.9 Å². The van der Waals surface area contributed by atoms with Gasteiger partial charge in [0.25, 0.3) is 0 Å². The van der Waals surface area contributed by atoms with E-state index in [9.17, 15) is 4.39 Å². The molecule has 3 heteroatoms. The van der Waals surface area contributed by atoms with Crippen LogP contribution in [0.4, 0.5) is 4.39 Å². The third kappa shape index (κ3) is 3.76. The van der Waals surface area contributed by atoms with Gasteiger partial charge in [0.2, 0.25) is 0 Å². The first-order valence-electron chi connectivity index (χ1n) is 5.59. The Morgan fingerprint density at radius 2 is 2.06 bits per heavy atom. The van der Waals surface area contributed by atoms with Gasteiger partial charge in [-0.2, -0.15) is 0 Å². The van der Waals surface area contributed by atoms with Gasteiger partial charge in [0, 0.05) is 25.0 Å². The Morgan fingerprint density at radius 1 is 1.38 bits per heavy atom. The molecule has 0 saturated carbocycles. The van der Waals surface area contributed by atoms with Gasteiger partial charge in [-0.1, -0.05) is 6.07 Å². The van der Waals surface area contributed by atoms with Gasteiger partial charge < -0.3 is 0 Å². The highest BCUT2D eigenvalue weighted by molar-refractivity contribution is 6.18. The highest BCUT2D eigenvalue weighted by atomic mass is 35.5. The second-order valence-electron chi connectivity index (χ2n) is 4.32. The number of rotatable bonds is 5. The normalized spacial score (nSPS) is 11.4. The molecule has 0 spiro atoms. The second kappa shape index (κ2) is 6.21. The number of alkyl halides is 1. The maximum atomic E-state index is 13.0. The molecule has 0 aliphatic rings. The molecule has 0 heterocycles. The van der Waals surface area contributed by atoms with Crippen LogP contribution in [0.2, 0.25) is 0 Å². The molecule has 0 bridgehead atoms. The van der Waals surface area contributed by atoms with E-state index in [1.807, 2.05) is 13.0 Å². The van der Waals surface area contributed by atoms with E-state index in [-0.39, 0.29) is 5.82 Å². The summed E-state index contributed by atoms with van der Waals surface area (Å²) in [6.45, 7) is 7.92. The zero-order valence-corrected chi connectivity index (χ0v) is 10.9. The maximum absolute atomic E-state index is 13.0. The van der Waals surface area contributed by atoms with Gasteiger partial charge in [-0.3, -0.25) is 4.90 Å². The van der Waals surface area contributed by atoms with Gasteiger partial charge in [-0.05, 0) is 44.0 Å². The van der Waals surface area contributed by atoms with Crippen molar-refractivity contribution >= 4 is 11.6 Å². The van der Waals surface area contributed by atoms with Crippen LogP contribution in [-0.2, 0) is 6.54 Å². The summed E-state index contributed by atoms with van der Waals surface area (Å²) in [7, 11) is 0. The van der Waals surface area contributed by atoms with Crippen LogP contribution < -0.4 is 0 Å². The molecular formula is C13H19ClFN. The Labute approximate surface area is 102 Å². The van der Waals surface area contributed by atoms with Crippen LogP contribution in [0.15, 0.2) is 18.2 Å². The highest BCUT2D eigenvalue weighted by Crippen LogP contribution is 2.14. The van der Waals surface area contributed by atoms with Crippen LogP contribution in [0.25, 0.3) is 0 Å². The Morgan fingerprint density at radius 3 is 2.56 bits per heavy atom. The van der Waals surface area contributed by atoms with E-state index in [4.69, 9.17) is 11.6 Å². The van der Waals surface area contributed by atoms with Crippen molar-refractivity contribution in [3.05, 3.63) is 35.1 Å². The fraction of sp³-hybridized carbons (Fsp3) is 0.538. The zero-order valence-electron chi connectivity index (χ0n) is 10.1. The average molecular weight is 244 g/mol. The lowest BCUT2D eigenvalue weighted by atomic mass is 10.1. The minimum atomic E-state index is -0.172. The summed E-state index contributed by atoms with van der Waals surface area (Å²) in [5.74, 6) is 0.452. The lowest BCUT2D eigenvalue weighted by molar-refractivity contribution is 0.226. The molecule has 16 heavy (non-hydrogen) atoms. The monoisotopic (exact) mass is 243 g/mol. The fourth-order valence-corrected chi connectivity index (χ4v) is 1.90. The van der Waals surface area contributed by atoms with Gasteiger partial charge in [0.1, 0.15) is 5.82 Å². The van der Waals surface area contributed by atoms with Crippen molar-refractivity contribution in [1.82, 2.24) is 4.90 Å². The number of hydrogen-bond donors (Lipinski definition) is 0. The Bertz CT molecular complexity index is 339. The van der Waals surface area contributed by atoms with Gasteiger partial charge in [0.15, 0.2) is 0 Å².